The third kappa shape index (κ3) is 5.84. The van der Waals surface area contributed by atoms with Gasteiger partial charge in [0.25, 0.3) is 0 Å². The van der Waals surface area contributed by atoms with Gasteiger partial charge in [-0.2, -0.15) is 0 Å². The molecule has 0 aliphatic rings. The fourth-order valence-corrected chi connectivity index (χ4v) is 2.73. The number of nitrogens with one attached hydrogen (secondary N) is 1. The van der Waals surface area contributed by atoms with E-state index in [1.54, 1.807) is 7.11 Å². The molecule has 0 bridgehead atoms. The lowest BCUT2D eigenvalue weighted by Gasteiger charge is -2.13. The van der Waals surface area contributed by atoms with Crippen LogP contribution in [0.5, 0.6) is 0 Å². The Morgan fingerprint density at radius 1 is 1.58 bits per heavy atom. The van der Waals surface area contributed by atoms with Crippen molar-refractivity contribution < 1.29 is 9.53 Å². The van der Waals surface area contributed by atoms with Crippen LogP contribution in [0.15, 0.2) is 27.6 Å². The van der Waals surface area contributed by atoms with Gasteiger partial charge in [-0.05, 0) is 31.5 Å². The fraction of sp³-hybridized carbons (Fsp3) is 0.462. The van der Waals surface area contributed by atoms with E-state index in [0.29, 0.717) is 18.8 Å². The van der Waals surface area contributed by atoms with Gasteiger partial charge < -0.3 is 15.8 Å². The number of benzene rings is 1. The van der Waals surface area contributed by atoms with E-state index in [1.807, 2.05) is 25.1 Å². The number of carbonyl (C=O) groups excluding carboxylic acids is 1. The van der Waals surface area contributed by atoms with Crippen molar-refractivity contribution in [2.75, 3.05) is 26.0 Å². The van der Waals surface area contributed by atoms with Gasteiger partial charge in [0.1, 0.15) is 0 Å². The minimum Gasteiger partial charge on any atom is -0.398 e. The van der Waals surface area contributed by atoms with E-state index in [4.69, 9.17) is 10.5 Å². The van der Waals surface area contributed by atoms with Crippen LogP contribution in [-0.2, 0) is 9.53 Å². The Kier molecular flexibility index (Phi) is 7.27. The number of nitrogens with two attached hydrogens (primary N) is 1. The summed E-state index contributed by atoms with van der Waals surface area (Å²) in [7, 11) is 1.65. The first-order chi connectivity index (χ1) is 9.04. The van der Waals surface area contributed by atoms with Gasteiger partial charge in [-0.1, -0.05) is 15.9 Å². The monoisotopic (exact) mass is 346 g/mol. The average molecular weight is 347 g/mol. The van der Waals surface area contributed by atoms with E-state index in [0.717, 1.165) is 15.8 Å². The first-order valence-electron chi connectivity index (χ1n) is 6.03. The molecule has 0 fully saturated rings. The van der Waals surface area contributed by atoms with Crippen LogP contribution < -0.4 is 11.1 Å². The number of hydrogen-bond donors (Lipinski definition) is 2. The van der Waals surface area contributed by atoms with E-state index < -0.39 is 0 Å². The first kappa shape index (κ1) is 16.3. The molecule has 0 heterocycles. The Labute approximate surface area is 126 Å². The minimum atomic E-state index is -0.175. The van der Waals surface area contributed by atoms with Crippen LogP contribution >= 0.6 is 27.7 Å². The second-order valence-corrected chi connectivity index (χ2v) is 6.38. The summed E-state index contributed by atoms with van der Waals surface area (Å²) in [4.78, 5) is 12.8. The van der Waals surface area contributed by atoms with E-state index >= 15 is 0 Å². The van der Waals surface area contributed by atoms with Crippen LogP contribution in [0.25, 0.3) is 0 Å². The van der Waals surface area contributed by atoms with Crippen LogP contribution in [0.1, 0.15) is 13.3 Å². The third-order valence-corrected chi connectivity index (χ3v) is 4.16. The van der Waals surface area contributed by atoms with E-state index in [9.17, 15) is 4.79 Å². The number of rotatable bonds is 7. The van der Waals surface area contributed by atoms with Crippen molar-refractivity contribution in [3.63, 3.8) is 0 Å². The highest BCUT2D eigenvalue weighted by Crippen LogP contribution is 2.30. The van der Waals surface area contributed by atoms with Gasteiger partial charge in [0, 0.05) is 35.3 Å². The van der Waals surface area contributed by atoms with Gasteiger partial charge in [-0.15, -0.1) is 11.8 Å². The van der Waals surface area contributed by atoms with Crippen LogP contribution in [0, 0.1) is 0 Å². The first-order valence-corrected chi connectivity index (χ1v) is 7.70. The lowest BCUT2D eigenvalue weighted by Crippen LogP contribution is -2.32. The Hall–Kier alpha value is -0.720. The van der Waals surface area contributed by atoms with Crippen LogP contribution in [-0.4, -0.2) is 31.4 Å². The highest BCUT2D eigenvalue weighted by Gasteiger charge is 2.15. The molecule has 0 spiro atoms. The summed E-state index contributed by atoms with van der Waals surface area (Å²) in [6, 6.07) is 5.67. The molecule has 0 saturated heterocycles. The molecule has 1 unspecified atom stereocenters. The number of carbonyl (C=O) groups is 1. The number of ether oxygens (including phenoxy) is 1. The third-order valence-electron chi connectivity index (χ3n) is 2.47. The minimum absolute atomic E-state index is 0.0171. The van der Waals surface area contributed by atoms with Gasteiger partial charge in [0.05, 0.1) is 5.25 Å². The predicted octanol–water partition coefficient (Wildman–Crippen LogP) is 2.66. The van der Waals surface area contributed by atoms with Crippen molar-refractivity contribution in [3.8, 4) is 0 Å². The van der Waals surface area contributed by atoms with Gasteiger partial charge in [0.2, 0.25) is 5.91 Å². The lowest BCUT2D eigenvalue weighted by atomic mass is 10.3. The summed E-state index contributed by atoms with van der Waals surface area (Å²) in [6.07, 6.45) is 0.819. The summed E-state index contributed by atoms with van der Waals surface area (Å²) in [5, 5.41) is 2.70. The summed E-state index contributed by atoms with van der Waals surface area (Å²) in [5.74, 6) is 0.0171. The number of amides is 1. The van der Waals surface area contributed by atoms with Crippen LogP contribution in [0.2, 0.25) is 0 Å². The Morgan fingerprint density at radius 2 is 2.32 bits per heavy atom. The number of anilines is 1. The molecule has 0 radical (unpaired) electrons. The molecule has 1 atom stereocenters. The molecule has 1 aromatic rings. The molecular formula is C13H19BrN2O2S. The topological polar surface area (TPSA) is 64.3 Å². The zero-order valence-corrected chi connectivity index (χ0v) is 13.5. The van der Waals surface area contributed by atoms with Crippen molar-refractivity contribution in [2.24, 2.45) is 0 Å². The van der Waals surface area contributed by atoms with Crippen LogP contribution in [0.3, 0.4) is 0 Å². The largest absolute Gasteiger partial charge is 0.398 e. The smallest absolute Gasteiger partial charge is 0.233 e. The maximum Gasteiger partial charge on any atom is 0.233 e. The fourth-order valence-electron chi connectivity index (χ4n) is 1.44. The highest BCUT2D eigenvalue weighted by atomic mass is 79.9. The van der Waals surface area contributed by atoms with Crippen molar-refractivity contribution >= 4 is 39.3 Å². The molecule has 0 aromatic heterocycles. The standard InChI is InChI=1S/C13H19BrN2O2S/c1-9(13(17)16-6-3-7-18-2)19-12-5-4-10(14)8-11(12)15/h4-5,8-9H,3,6-7,15H2,1-2H3,(H,16,17). The van der Waals surface area contributed by atoms with E-state index in [-0.39, 0.29) is 11.2 Å². The summed E-state index contributed by atoms with van der Waals surface area (Å²) >= 11 is 4.82. The summed E-state index contributed by atoms with van der Waals surface area (Å²) in [6.45, 7) is 3.16. The lowest BCUT2D eigenvalue weighted by molar-refractivity contribution is -0.120. The quantitative estimate of drug-likeness (QED) is 0.452. The Balaban J connectivity index is 2.45. The van der Waals surface area contributed by atoms with Gasteiger partial charge in [0.15, 0.2) is 0 Å². The van der Waals surface area contributed by atoms with Crippen molar-refractivity contribution in [3.05, 3.63) is 22.7 Å². The van der Waals surface area contributed by atoms with Crippen LogP contribution in [0.4, 0.5) is 5.69 Å². The van der Waals surface area contributed by atoms with Crippen molar-refractivity contribution in [2.45, 2.75) is 23.5 Å². The number of methoxy groups -OCH3 is 1. The maximum absolute atomic E-state index is 11.9. The molecule has 19 heavy (non-hydrogen) atoms. The SMILES string of the molecule is COCCCNC(=O)C(C)Sc1ccc(Br)cc1N. The molecule has 106 valence electrons. The molecule has 1 aromatic carbocycles. The van der Waals surface area contributed by atoms with Gasteiger partial charge in [-0.3, -0.25) is 4.79 Å². The number of hydrogen-bond acceptors (Lipinski definition) is 4. The molecular weight excluding hydrogens is 328 g/mol. The van der Waals surface area contributed by atoms with Crippen molar-refractivity contribution in [1.29, 1.82) is 0 Å². The zero-order valence-electron chi connectivity index (χ0n) is 11.1. The average Bonchev–Trinajstić information content (AvgIpc) is 2.37. The molecule has 3 N–H and O–H groups in total. The second kappa shape index (κ2) is 8.45. The number of halogens is 1. The number of nitrogen functional groups attached to an aromatic ring is 1. The molecule has 6 heteroatoms. The zero-order chi connectivity index (χ0) is 14.3. The molecule has 0 aliphatic heterocycles. The second-order valence-electron chi connectivity index (χ2n) is 4.08. The van der Waals surface area contributed by atoms with Crippen molar-refractivity contribution in [1.82, 2.24) is 5.32 Å². The number of thioether (sulfide) groups is 1. The van der Waals surface area contributed by atoms with E-state index in [2.05, 4.69) is 21.2 Å². The maximum atomic E-state index is 11.9. The normalized spacial score (nSPS) is 12.2. The predicted molar refractivity (Wildman–Crippen MR) is 83.4 cm³/mol. The molecule has 1 rings (SSSR count). The van der Waals surface area contributed by atoms with Gasteiger partial charge in [-0.25, -0.2) is 0 Å². The Bertz CT molecular complexity index is 429. The highest BCUT2D eigenvalue weighted by molar-refractivity contribution is 9.10. The summed E-state index contributed by atoms with van der Waals surface area (Å²) < 4.78 is 5.87. The molecule has 0 saturated carbocycles. The Morgan fingerprint density at radius 3 is 2.95 bits per heavy atom. The molecule has 1 amide bonds. The van der Waals surface area contributed by atoms with Gasteiger partial charge >= 0.3 is 0 Å². The molecule has 4 nitrogen and oxygen atoms in total. The van der Waals surface area contributed by atoms with E-state index in [1.165, 1.54) is 11.8 Å². The molecule has 0 aliphatic carbocycles. The summed E-state index contributed by atoms with van der Waals surface area (Å²) in [5.41, 5.74) is 6.59.